The number of aromatic nitrogens is 1. The summed E-state index contributed by atoms with van der Waals surface area (Å²) in [5.41, 5.74) is 2.39. The zero-order valence-corrected chi connectivity index (χ0v) is 12.9. The second-order valence-corrected chi connectivity index (χ2v) is 5.23. The van der Waals surface area contributed by atoms with Gasteiger partial charge in [-0.15, -0.1) is 0 Å². The van der Waals surface area contributed by atoms with Crippen molar-refractivity contribution in [3.8, 4) is 0 Å². The van der Waals surface area contributed by atoms with Crippen molar-refractivity contribution < 1.29 is 14.3 Å². The second kappa shape index (κ2) is 8.34. The Bertz CT molecular complexity index is 621. The highest BCUT2D eigenvalue weighted by atomic mass is 16.5. The predicted octanol–water partition coefficient (Wildman–Crippen LogP) is 2.16. The minimum absolute atomic E-state index is 0.219. The molecule has 5 heteroatoms. The molecule has 2 aromatic rings. The van der Waals surface area contributed by atoms with Crippen molar-refractivity contribution in [1.82, 2.24) is 9.88 Å². The molecule has 118 valence electrons. The minimum atomic E-state index is -0.219. The average Bonchev–Trinajstić information content (AvgIpc) is 2.97. The van der Waals surface area contributed by atoms with E-state index in [1.165, 1.54) is 18.1 Å². The summed E-state index contributed by atoms with van der Waals surface area (Å²) in [6.45, 7) is 2.10. The number of H-pyrrole nitrogens is 1. The lowest BCUT2D eigenvalue weighted by atomic mass is 10.1. The fourth-order valence-corrected chi connectivity index (χ4v) is 2.54. The molecule has 0 atom stereocenters. The fourth-order valence-electron chi connectivity index (χ4n) is 2.54. The van der Waals surface area contributed by atoms with Gasteiger partial charge in [0, 0.05) is 43.2 Å². The molecule has 5 nitrogen and oxygen atoms in total. The van der Waals surface area contributed by atoms with Gasteiger partial charge in [-0.2, -0.15) is 0 Å². The zero-order chi connectivity index (χ0) is 15.8. The Morgan fingerprint density at radius 3 is 2.86 bits per heavy atom. The summed E-state index contributed by atoms with van der Waals surface area (Å²) in [6.07, 6.45) is 4.65. The zero-order valence-electron chi connectivity index (χ0n) is 12.9. The van der Waals surface area contributed by atoms with E-state index in [9.17, 15) is 9.59 Å². The van der Waals surface area contributed by atoms with Crippen LogP contribution in [0.2, 0.25) is 0 Å². The molecule has 1 aromatic carbocycles. The number of methoxy groups -OCH3 is 1. The minimum Gasteiger partial charge on any atom is -0.469 e. The van der Waals surface area contributed by atoms with E-state index >= 15 is 0 Å². The number of esters is 1. The molecular weight excluding hydrogens is 280 g/mol. The lowest BCUT2D eigenvalue weighted by Gasteiger charge is -2.20. The molecule has 0 fully saturated rings. The fraction of sp³-hybridized carbons (Fsp3) is 0.412. The van der Waals surface area contributed by atoms with E-state index in [-0.39, 0.29) is 5.97 Å². The van der Waals surface area contributed by atoms with Crippen LogP contribution in [0.15, 0.2) is 30.5 Å². The van der Waals surface area contributed by atoms with Crippen LogP contribution in [0.1, 0.15) is 18.4 Å². The summed E-state index contributed by atoms with van der Waals surface area (Å²) in [5.74, 6) is -0.219. The summed E-state index contributed by atoms with van der Waals surface area (Å²) in [6, 6.07) is 8.20. The van der Waals surface area contributed by atoms with Crippen LogP contribution in [-0.2, 0) is 20.7 Å². The van der Waals surface area contributed by atoms with E-state index in [0.29, 0.717) is 25.9 Å². The first-order valence-corrected chi connectivity index (χ1v) is 7.52. The molecule has 0 radical (unpaired) electrons. The van der Waals surface area contributed by atoms with Crippen LogP contribution < -0.4 is 0 Å². The van der Waals surface area contributed by atoms with Crippen LogP contribution in [0.3, 0.4) is 0 Å². The largest absolute Gasteiger partial charge is 0.469 e. The van der Waals surface area contributed by atoms with Crippen molar-refractivity contribution in [2.45, 2.75) is 19.3 Å². The van der Waals surface area contributed by atoms with E-state index in [1.807, 2.05) is 18.3 Å². The highest BCUT2D eigenvalue weighted by Crippen LogP contribution is 2.18. The van der Waals surface area contributed by atoms with Gasteiger partial charge in [0.05, 0.1) is 13.5 Å². The molecule has 1 aromatic heterocycles. The molecule has 0 spiro atoms. The van der Waals surface area contributed by atoms with E-state index in [2.05, 4.69) is 26.8 Å². The lowest BCUT2D eigenvalue weighted by Crippen LogP contribution is -2.30. The SMILES string of the molecule is COC(=O)CCN(CCC=O)CCc1c[nH]c2ccccc12. The van der Waals surface area contributed by atoms with Crippen LogP contribution in [0.4, 0.5) is 0 Å². The van der Waals surface area contributed by atoms with E-state index in [0.717, 1.165) is 24.8 Å². The Labute approximate surface area is 130 Å². The Balaban J connectivity index is 1.94. The standard InChI is InChI=1S/C17H22N2O3/c1-22-17(21)8-11-19(9-4-12-20)10-7-14-13-18-16-6-3-2-5-15(14)16/h2-3,5-6,12-13,18H,4,7-11H2,1H3. The van der Waals surface area contributed by atoms with Gasteiger partial charge in [0.15, 0.2) is 0 Å². The van der Waals surface area contributed by atoms with Crippen LogP contribution >= 0.6 is 0 Å². The topological polar surface area (TPSA) is 62.4 Å². The van der Waals surface area contributed by atoms with Crippen molar-refractivity contribution in [2.24, 2.45) is 0 Å². The van der Waals surface area contributed by atoms with Crippen LogP contribution in [0, 0.1) is 0 Å². The molecule has 0 amide bonds. The van der Waals surface area contributed by atoms with Crippen molar-refractivity contribution in [3.63, 3.8) is 0 Å². The molecule has 0 unspecified atom stereocenters. The van der Waals surface area contributed by atoms with Crippen LogP contribution in [0.5, 0.6) is 0 Å². The summed E-state index contributed by atoms with van der Waals surface area (Å²) in [5, 5.41) is 1.23. The highest BCUT2D eigenvalue weighted by molar-refractivity contribution is 5.83. The Hall–Kier alpha value is -2.14. The third-order valence-electron chi connectivity index (χ3n) is 3.80. The van der Waals surface area contributed by atoms with Gasteiger partial charge in [-0.25, -0.2) is 0 Å². The number of fused-ring (bicyclic) bond motifs is 1. The Morgan fingerprint density at radius 1 is 1.27 bits per heavy atom. The smallest absolute Gasteiger partial charge is 0.306 e. The number of benzene rings is 1. The molecule has 0 aliphatic carbocycles. The Morgan fingerprint density at radius 2 is 2.09 bits per heavy atom. The predicted molar refractivity (Wildman–Crippen MR) is 85.8 cm³/mol. The molecule has 1 N–H and O–H groups in total. The summed E-state index contributed by atoms with van der Waals surface area (Å²) < 4.78 is 4.67. The van der Waals surface area contributed by atoms with Gasteiger partial charge < -0.3 is 19.4 Å². The van der Waals surface area contributed by atoms with E-state index in [1.54, 1.807) is 0 Å². The van der Waals surface area contributed by atoms with Gasteiger partial charge in [-0.05, 0) is 18.1 Å². The van der Waals surface area contributed by atoms with Crippen LogP contribution in [-0.4, -0.2) is 48.9 Å². The molecule has 0 saturated carbocycles. The maximum atomic E-state index is 11.3. The third kappa shape index (κ3) is 4.43. The lowest BCUT2D eigenvalue weighted by molar-refractivity contribution is -0.140. The molecule has 0 aliphatic rings. The van der Waals surface area contributed by atoms with Gasteiger partial charge in [0.25, 0.3) is 0 Å². The number of para-hydroxylation sites is 1. The molecule has 0 aliphatic heterocycles. The van der Waals surface area contributed by atoms with Crippen molar-refractivity contribution in [2.75, 3.05) is 26.7 Å². The molecule has 2 rings (SSSR count). The number of ether oxygens (including phenoxy) is 1. The highest BCUT2D eigenvalue weighted by Gasteiger charge is 2.10. The van der Waals surface area contributed by atoms with Crippen molar-refractivity contribution in [1.29, 1.82) is 0 Å². The summed E-state index contributed by atoms with van der Waals surface area (Å²) in [4.78, 5) is 27.3. The maximum Gasteiger partial charge on any atom is 0.306 e. The molecular formula is C17H22N2O3. The summed E-state index contributed by atoms with van der Waals surface area (Å²) >= 11 is 0. The molecule has 22 heavy (non-hydrogen) atoms. The quantitative estimate of drug-likeness (QED) is 0.569. The number of carbonyl (C=O) groups is 2. The van der Waals surface area contributed by atoms with Gasteiger partial charge in [0.2, 0.25) is 0 Å². The number of nitrogens with one attached hydrogen (secondary N) is 1. The van der Waals surface area contributed by atoms with E-state index in [4.69, 9.17) is 0 Å². The van der Waals surface area contributed by atoms with Crippen molar-refractivity contribution >= 4 is 23.2 Å². The number of rotatable bonds is 9. The third-order valence-corrected chi connectivity index (χ3v) is 3.80. The van der Waals surface area contributed by atoms with Gasteiger partial charge in [-0.1, -0.05) is 18.2 Å². The number of hydrogen-bond acceptors (Lipinski definition) is 4. The first-order valence-electron chi connectivity index (χ1n) is 7.52. The molecule has 1 heterocycles. The van der Waals surface area contributed by atoms with Gasteiger partial charge in [0.1, 0.15) is 6.29 Å². The normalized spacial score (nSPS) is 11.0. The first-order chi connectivity index (χ1) is 10.7. The Kier molecular flexibility index (Phi) is 6.15. The average molecular weight is 302 g/mol. The van der Waals surface area contributed by atoms with Crippen LogP contribution in [0.25, 0.3) is 10.9 Å². The monoisotopic (exact) mass is 302 g/mol. The van der Waals surface area contributed by atoms with Crippen molar-refractivity contribution in [3.05, 3.63) is 36.0 Å². The number of aldehydes is 1. The second-order valence-electron chi connectivity index (χ2n) is 5.23. The van der Waals surface area contributed by atoms with Gasteiger partial charge in [-0.3, -0.25) is 4.79 Å². The number of hydrogen-bond donors (Lipinski definition) is 1. The van der Waals surface area contributed by atoms with Gasteiger partial charge >= 0.3 is 5.97 Å². The molecule has 0 saturated heterocycles. The first kappa shape index (κ1) is 16.2. The number of carbonyl (C=O) groups excluding carboxylic acids is 2. The number of aromatic amines is 1. The molecule has 0 bridgehead atoms. The van der Waals surface area contributed by atoms with E-state index < -0.39 is 0 Å². The maximum absolute atomic E-state index is 11.3. The summed E-state index contributed by atoms with van der Waals surface area (Å²) in [7, 11) is 1.39. The number of nitrogens with zero attached hydrogens (tertiary/aromatic N) is 1.